The number of morpholine rings is 1. The number of nitrogens with one attached hydrogen (secondary N) is 1. The molecule has 4 amide bonds. The van der Waals surface area contributed by atoms with Gasteiger partial charge >= 0.3 is 6.03 Å². The van der Waals surface area contributed by atoms with Crippen LogP contribution in [-0.4, -0.2) is 60.5 Å². The molecule has 7 nitrogen and oxygen atoms in total. The second-order valence-electron chi connectivity index (χ2n) is 5.42. The highest BCUT2D eigenvalue weighted by Gasteiger charge is 2.36. The summed E-state index contributed by atoms with van der Waals surface area (Å²) in [6.45, 7) is 1.64. The second-order valence-corrected chi connectivity index (χ2v) is 6.34. The van der Waals surface area contributed by atoms with Gasteiger partial charge in [0.05, 0.1) is 13.2 Å². The maximum Gasteiger partial charge on any atom is 0.329 e. The van der Waals surface area contributed by atoms with Gasteiger partial charge in [0, 0.05) is 17.6 Å². The van der Waals surface area contributed by atoms with Crippen LogP contribution in [0.1, 0.15) is 5.56 Å². The number of amides is 4. The van der Waals surface area contributed by atoms with Gasteiger partial charge in [-0.1, -0.05) is 28.1 Å². The Morgan fingerprint density at radius 1 is 1.21 bits per heavy atom. The molecule has 0 spiro atoms. The lowest BCUT2D eigenvalue weighted by Crippen LogP contribution is -2.47. The second kappa shape index (κ2) is 7.14. The van der Waals surface area contributed by atoms with Crippen LogP contribution in [0.4, 0.5) is 4.79 Å². The molecular formula is C16H16BrN3O4. The fourth-order valence-corrected chi connectivity index (χ4v) is 2.75. The summed E-state index contributed by atoms with van der Waals surface area (Å²) < 4.78 is 6.11. The van der Waals surface area contributed by atoms with Crippen molar-refractivity contribution >= 4 is 39.9 Å². The zero-order chi connectivity index (χ0) is 17.1. The molecule has 2 aliphatic heterocycles. The van der Waals surface area contributed by atoms with E-state index in [1.165, 1.54) is 0 Å². The summed E-state index contributed by atoms with van der Waals surface area (Å²) in [6, 6.07) is 6.74. The Hall–Kier alpha value is -2.19. The molecule has 0 unspecified atom stereocenters. The van der Waals surface area contributed by atoms with E-state index in [4.69, 9.17) is 4.74 Å². The lowest BCUT2D eigenvalue weighted by molar-refractivity contribution is -0.139. The summed E-state index contributed by atoms with van der Waals surface area (Å²) in [5.41, 5.74) is 0.945. The number of hydrogen-bond acceptors (Lipinski definition) is 4. The van der Waals surface area contributed by atoms with Gasteiger partial charge in [-0.25, -0.2) is 9.69 Å². The molecule has 0 radical (unpaired) electrons. The summed E-state index contributed by atoms with van der Waals surface area (Å²) in [5.74, 6) is -0.754. The Balaban J connectivity index is 1.69. The Kier molecular flexibility index (Phi) is 4.96. The summed E-state index contributed by atoms with van der Waals surface area (Å²) in [4.78, 5) is 39.1. The van der Waals surface area contributed by atoms with Crippen molar-refractivity contribution in [1.82, 2.24) is 15.1 Å². The highest BCUT2D eigenvalue weighted by Crippen LogP contribution is 2.16. The standard InChI is InChI=1S/C16H16BrN3O4/c17-12-3-1-11(2-4-12)9-13-15(22)20(16(23)18-13)10-14(21)19-5-7-24-8-6-19/h1-4,9H,5-8,10H2,(H,18,23)/b13-9-. The normalized spacial score (nSPS) is 19.8. The first-order valence-corrected chi connectivity index (χ1v) is 8.29. The number of halogens is 1. The van der Waals surface area contributed by atoms with Gasteiger partial charge in [0.2, 0.25) is 5.91 Å². The van der Waals surface area contributed by atoms with E-state index in [0.717, 1.165) is 14.9 Å². The van der Waals surface area contributed by atoms with Gasteiger partial charge in [-0.05, 0) is 23.8 Å². The van der Waals surface area contributed by atoms with Crippen LogP contribution in [0.2, 0.25) is 0 Å². The molecule has 0 atom stereocenters. The van der Waals surface area contributed by atoms with E-state index < -0.39 is 11.9 Å². The Morgan fingerprint density at radius 3 is 2.54 bits per heavy atom. The fourth-order valence-electron chi connectivity index (χ4n) is 2.49. The number of hydrogen-bond donors (Lipinski definition) is 1. The van der Waals surface area contributed by atoms with Crippen LogP contribution in [0.3, 0.4) is 0 Å². The van der Waals surface area contributed by atoms with Crippen LogP contribution in [-0.2, 0) is 14.3 Å². The SMILES string of the molecule is O=C(CN1C(=O)N/C(=C\c2ccc(Br)cc2)C1=O)N1CCOCC1. The van der Waals surface area contributed by atoms with E-state index in [9.17, 15) is 14.4 Å². The minimum Gasteiger partial charge on any atom is -0.378 e. The topological polar surface area (TPSA) is 79.0 Å². The molecule has 2 saturated heterocycles. The van der Waals surface area contributed by atoms with Crippen molar-refractivity contribution in [2.45, 2.75) is 0 Å². The predicted octanol–water partition coefficient (Wildman–Crippen LogP) is 1.20. The van der Waals surface area contributed by atoms with Gasteiger partial charge < -0.3 is 15.0 Å². The van der Waals surface area contributed by atoms with E-state index >= 15 is 0 Å². The summed E-state index contributed by atoms with van der Waals surface area (Å²) in [7, 11) is 0. The van der Waals surface area contributed by atoms with Crippen molar-refractivity contribution in [3.63, 3.8) is 0 Å². The molecule has 0 aliphatic carbocycles. The fraction of sp³-hybridized carbons (Fsp3) is 0.312. The molecular weight excluding hydrogens is 378 g/mol. The molecule has 0 aromatic heterocycles. The van der Waals surface area contributed by atoms with Gasteiger partial charge in [-0.2, -0.15) is 0 Å². The first-order valence-electron chi connectivity index (χ1n) is 7.50. The maximum atomic E-state index is 12.4. The molecule has 0 bridgehead atoms. The van der Waals surface area contributed by atoms with Crippen molar-refractivity contribution in [2.75, 3.05) is 32.8 Å². The summed E-state index contributed by atoms with van der Waals surface area (Å²) in [5, 5.41) is 2.52. The average molecular weight is 394 g/mol. The molecule has 126 valence electrons. The van der Waals surface area contributed by atoms with E-state index in [0.29, 0.717) is 26.3 Å². The Labute approximate surface area is 147 Å². The predicted molar refractivity (Wildman–Crippen MR) is 89.8 cm³/mol. The highest BCUT2D eigenvalue weighted by molar-refractivity contribution is 9.10. The molecule has 2 heterocycles. The van der Waals surface area contributed by atoms with Crippen molar-refractivity contribution in [3.8, 4) is 0 Å². The number of benzene rings is 1. The molecule has 0 saturated carbocycles. The first kappa shape index (κ1) is 16.7. The summed E-state index contributed by atoms with van der Waals surface area (Å²) in [6.07, 6.45) is 1.59. The number of carbonyl (C=O) groups excluding carboxylic acids is 3. The number of nitrogens with zero attached hydrogens (tertiary/aromatic N) is 2. The Bertz CT molecular complexity index is 696. The largest absolute Gasteiger partial charge is 0.378 e. The highest BCUT2D eigenvalue weighted by atomic mass is 79.9. The van der Waals surface area contributed by atoms with E-state index in [2.05, 4.69) is 21.2 Å². The van der Waals surface area contributed by atoms with Gasteiger partial charge in [0.1, 0.15) is 12.2 Å². The number of ether oxygens (including phenoxy) is 1. The molecule has 2 fully saturated rings. The van der Waals surface area contributed by atoms with Crippen LogP contribution in [0.25, 0.3) is 6.08 Å². The minimum absolute atomic E-state index is 0.164. The minimum atomic E-state index is -0.579. The van der Waals surface area contributed by atoms with Gasteiger partial charge in [-0.15, -0.1) is 0 Å². The smallest absolute Gasteiger partial charge is 0.329 e. The number of rotatable bonds is 3. The lowest BCUT2D eigenvalue weighted by atomic mass is 10.2. The third kappa shape index (κ3) is 3.65. The number of imide groups is 1. The molecule has 1 N–H and O–H groups in total. The van der Waals surface area contributed by atoms with Crippen LogP contribution in [0.5, 0.6) is 0 Å². The van der Waals surface area contributed by atoms with E-state index in [1.54, 1.807) is 11.0 Å². The molecule has 3 rings (SSSR count). The molecule has 24 heavy (non-hydrogen) atoms. The third-order valence-electron chi connectivity index (χ3n) is 3.80. The number of carbonyl (C=O) groups is 3. The molecule has 1 aromatic carbocycles. The van der Waals surface area contributed by atoms with Crippen molar-refractivity contribution in [3.05, 3.63) is 40.0 Å². The average Bonchev–Trinajstić information content (AvgIpc) is 2.85. The first-order chi connectivity index (χ1) is 11.5. The van der Waals surface area contributed by atoms with Gasteiger partial charge in [0.15, 0.2) is 0 Å². The van der Waals surface area contributed by atoms with Crippen LogP contribution in [0, 0.1) is 0 Å². The quantitative estimate of drug-likeness (QED) is 0.618. The van der Waals surface area contributed by atoms with Crippen LogP contribution in [0.15, 0.2) is 34.4 Å². The van der Waals surface area contributed by atoms with E-state index in [1.807, 2.05) is 24.3 Å². The zero-order valence-corrected chi connectivity index (χ0v) is 14.4. The van der Waals surface area contributed by atoms with Crippen molar-refractivity contribution < 1.29 is 19.1 Å². The van der Waals surface area contributed by atoms with Gasteiger partial charge in [0.25, 0.3) is 5.91 Å². The van der Waals surface area contributed by atoms with Crippen molar-refractivity contribution in [1.29, 1.82) is 0 Å². The van der Waals surface area contributed by atoms with E-state index in [-0.39, 0.29) is 18.1 Å². The molecule has 2 aliphatic rings. The summed E-state index contributed by atoms with van der Waals surface area (Å²) >= 11 is 3.34. The zero-order valence-electron chi connectivity index (χ0n) is 12.8. The Morgan fingerprint density at radius 2 is 1.88 bits per heavy atom. The van der Waals surface area contributed by atoms with Crippen molar-refractivity contribution in [2.24, 2.45) is 0 Å². The maximum absolute atomic E-state index is 12.4. The third-order valence-corrected chi connectivity index (χ3v) is 4.33. The van der Waals surface area contributed by atoms with Gasteiger partial charge in [-0.3, -0.25) is 9.59 Å². The number of urea groups is 1. The van der Waals surface area contributed by atoms with Crippen LogP contribution < -0.4 is 5.32 Å². The lowest BCUT2D eigenvalue weighted by Gasteiger charge is -2.27. The van der Waals surface area contributed by atoms with Crippen LogP contribution >= 0.6 is 15.9 Å². The molecule has 8 heteroatoms. The molecule has 1 aromatic rings. The monoisotopic (exact) mass is 393 g/mol.